The zero-order chi connectivity index (χ0) is 21.1. The maximum atomic E-state index is 11.8. The predicted molar refractivity (Wildman–Crippen MR) is 111 cm³/mol. The first-order valence-electron chi connectivity index (χ1n) is 9.10. The molecular weight excluding hydrogens is 440 g/mol. The average molecular weight is 463 g/mol. The molecule has 2 aromatic rings. The number of esters is 1. The largest absolute Gasteiger partial charge is 0.483 e. The van der Waals surface area contributed by atoms with Gasteiger partial charge < -0.3 is 9.47 Å². The molecule has 0 saturated heterocycles. The van der Waals surface area contributed by atoms with Crippen LogP contribution in [0.2, 0.25) is 0 Å². The number of hydrogen-bond donors (Lipinski definition) is 2. The number of amides is 2. The van der Waals surface area contributed by atoms with E-state index in [2.05, 4.69) is 26.8 Å². The number of nitrogens with one attached hydrogen (secondary N) is 2. The smallest absolute Gasteiger partial charge is 0.306 e. The van der Waals surface area contributed by atoms with Crippen LogP contribution in [-0.2, 0) is 25.5 Å². The van der Waals surface area contributed by atoms with E-state index in [-0.39, 0.29) is 26.1 Å². The summed E-state index contributed by atoms with van der Waals surface area (Å²) in [6.07, 6.45) is 0.462. The molecule has 154 valence electrons. The Hall–Kier alpha value is -2.87. The Labute approximate surface area is 177 Å². The van der Waals surface area contributed by atoms with Crippen LogP contribution >= 0.6 is 15.9 Å². The molecule has 0 aliphatic carbocycles. The topological polar surface area (TPSA) is 93.7 Å². The summed E-state index contributed by atoms with van der Waals surface area (Å²) in [6.45, 7) is 1.94. The van der Waals surface area contributed by atoms with Crippen molar-refractivity contribution in [2.24, 2.45) is 0 Å². The maximum absolute atomic E-state index is 11.8. The van der Waals surface area contributed by atoms with E-state index in [1.165, 1.54) is 0 Å². The van der Waals surface area contributed by atoms with Crippen LogP contribution in [0.1, 0.15) is 24.0 Å². The molecule has 0 spiro atoms. The molecule has 7 nitrogen and oxygen atoms in total. The fourth-order valence-corrected chi connectivity index (χ4v) is 2.93. The third-order valence-corrected chi connectivity index (χ3v) is 4.46. The van der Waals surface area contributed by atoms with E-state index in [9.17, 15) is 14.4 Å². The Bertz CT molecular complexity index is 842. The van der Waals surface area contributed by atoms with Crippen molar-refractivity contribution >= 4 is 33.7 Å². The zero-order valence-electron chi connectivity index (χ0n) is 16.1. The number of ether oxygens (including phenoxy) is 2. The van der Waals surface area contributed by atoms with Crippen molar-refractivity contribution in [2.75, 3.05) is 13.2 Å². The lowest BCUT2D eigenvalue weighted by Gasteiger charge is -2.10. The molecule has 2 rings (SSSR count). The third-order valence-electron chi connectivity index (χ3n) is 3.84. The highest BCUT2D eigenvalue weighted by Gasteiger charge is 2.10. The van der Waals surface area contributed by atoms with E-state index in [0.29, 0.717) is 12.2 Å². The van der Waals surface area contributed by atoms with Gasteiger partial charge in [-0.3, -0.25) is 25.2 Å². The van der Waals surface area contributed by atoms with Gasteiger partial charge in [0.05, 0.1) is 17.5 Å². The lowest BCUT2D eigenvalue weighted by Crippen LogP contribution is -2.43. The van der Waals surface area contributed by atoms with Crippen molar-refractivity contribution in [3.8, 4) is 5.75 Å². The molecule has 0 bridgehead atoms. The van der Waals surface area contributed by atoms with E-state index in [4.69, 9.17) is 9.47 Å². The molecule has 0 aromatic heterocycles. The summed E-state index contributed by atoms with van der Waals surface area (Å²) in [6, 6.07) is 15.1. The number of halogens is 1. The monoisotopic (exact) mass is 462 g/mol. The van der Waals surface area contributed by atoms with Crippen molar-refractivity contribution in [3.63, 3.8) is 0 Å². The molecule has 8 heteroatoms. The molecule has 0 heterocycles. The van der Waals surface area contributed by atoms with Crippen LogP contribution in [-0.4, -0.2) is 31.0 Å². The summed E-state index contributed by atoms with van der Waals surface area (Å²) in [4.78, 5) is 35.2. The van der Waals surface area contributed by atoms with E-state index in [0.717, 1.165) is 15.6 Å². The fraction of sp³-hybridized carbons (Fsp3) is 0.286. The summed E-state index contributed by atoms with van der Waals surface area (Å²) < 4.78 is 11.2. The van der Waals surface area contributed by atoms with Crippen molar-refractivity contribution in [3.05, 3.63) is 64.1 Å². The van der Waals surface area contributed by atoms with E-state index >= 15 is 0 Å². The molecule has 0 fully saturated rings. The quantitative estimate of drug-likeness (QED) is 0.441. The van der Waals surface area contributed by atoms with Crippen molar-refractivity contribution < 1.29 is 23.9 Å². The van der Waals surface area contributed by atoms with Crippen LogP contribution in [0.4, 0.5) is 0 Å². The molecule has 0 atom stereocenters. The number of carbonyl (C=O) groups is 3. The van der Waals surface area contributed by atoms with Gasteiger partial charge in [0.25, 0.3) is 5.91 Å². The Morgan fingerprint density at radius 1 is 0.966 bits per heavy atom. The Kier molecular flexibility index (Phi) is 9.17. The molecular formula is C21H23BrN2O5. The van der Waals surface area contributed by atoms with Gasteiger partial charge in [0, 0.05) is 12.8 Å². The molecule has 0 unspecified atom stereocenters. The van der Waals surface area contributed by atoms with Gasteiger partial charge in [-0.2, -0.15) is 0 Å². The minimum atomic E-state index is -0.517. The van der Waals surface area contributed by atoms with Crippen LogP contribution in [0.15, 0.2) is 53.0 Å². The first-order chi connectivity index (χ1) is 13.9. The summed E-state index contributed by atoms with van der Waals surface area (Å²) in [5.74, 6) is -0.948. The van der Waals surface area contributed by atoms with Gasteiger partial charge in [-0.05, 0) is 46.1 Å². The summed E-state index contributed by atoms with van der Waals surface area (Å²) in [7, 11) is 0. The highest BCUT2D eigenvalue weighted by atomic mass is 79.9. The number of rotatable bonds is 9. The standard InChI is InChI=1S/C21H23BrN2O5/c1-15-7-8-18(17(22)13-15)29-14-20(26)24-23-19(25)9-10-21(27)28-12-11-16-5-3-2-4-6-16/h2-8,13H,9-12,14H2,1H3,(H,23,25)(H,24,26). The minimum Gasteiger partial charge on any atom is -0.483 e. The van der Waals surface area contributed by atoms with Gasteiger partial charge in [-0.25, -0.2) is 0 Å². The number of benzene rings is 2. The lowest BCUT2D eigenvalue weighted by molar-refractivity contribution is -0.145. The number of carbonyl (C=O) groups excluding carboxylic acids is 3. The summed E-state index contributed by atoms with van der Waals surface area (Å²) in [5, 5.41) is 0. The van der Waals surface area contributed by atoms with Gasteiger partial charge in [-0.15, -0.1) is 0 Å². The van der Waals surface area contributed by atoms with Gasteiger partial charge in [0.2, 0.25) is 5.91 Å². The van der Waals surface area contributed by atoms with Gasteiger partial charge in [-0.1, -0.05) is 36.4 Å². The second kappa shape index (κ2) is 11.9. The molecule has 0 saturated carbocycles. The highest BCUT2D eigenvalue weighted by Crippen LogP contribution is 2.25. The first-order valence-corrected chi connectivity index (χ1v) is 9.89. The molecule has 2 N–H and O–H groups in total. The second-order valence-electron chi connectivity index (χ2n) is 6.27. The third kappa shape index (κ3) is 8.78. The minimum absolute atomic E-state index is 0.0662. The molecule has 0 aliphatic heterocycles. The Morgan fingerprint density at radius 2 is 1.69 bits per heavy atom. The van der Waals surface area contributed by atoms with E-state index < -0.39 is 17.8 Å². The Balaban J connectivity index is 1.57. The second-order valence-corrected chi connectivity index (χ2v) is 7.13. The number of hydrogen-bond acceptors (Lipinski definition) is 5. The molecule has 0 aliphatic rings. The lowest BCUT2D eigenvalue weighted by atomic mass is 10.2. The normalized spacial score (nSPS) is 10.1. The summed E-state index contributed by atoms with van der Waals surface area (Å²) in [5.41, 5.74) is 6.61. The predicted octanol–water partition coefficient (Wildman–Crippen LogP) is 2.85. The molecule has 29 heavy (non-hydrogen) atoms. The molecule has 2 amide bonds. The van der Waals surface area contributed by atoms with Crippen molar-refractivity contribution in [1.29, 1.82) is 0 Å². The first kappa shape index (κ1) is 22.4. The maximum Gasteiger partial charge on any atom is 0.306 e. The molecule has 2 aromatic carbocycles. The van der Waals surface area contributed by atoms with Crippen LogP contribution in [0, 0.1) is 6.92 Å². The van der Waals surface area contributed by atoms with Crippen LogP contribution in [0.3, 0.4) is 0 Å². The fourth-order valence-electron chi connectivity index (χ4n) is 2.32. The van der Waals surface area contributed by atoms with Crippen LogP contribution in [0.25, 0.3) is 0 Å². The number of aryl methyl sites for hydroxylation is 1. The Morgan fingerprint density at radius 3 is 2.41 bits per heavy atom. The highest BCUT2D eigenvalue weighted by molar-refractivity contribution is 9.10. The van der Waals surface area contributed by atoms with Crippen LogP contribution < -0.4 is 15.6 Å². The van der Waals surface area contributed by atoms with Gasteiger partial charge in [0.1, 0.15) is 5.75 Å². The average Bonchev–Trinajstić information content (AvgIpc) is 2.71. The van der Waals surface area contributed by atoms with Crippen molar-refractivity contribution in [2.45, 2.75) is 26.2 Å². The van der Waals surface area contributed by atoms with Gasteiger partial charge in [0.15, 0.2) is 6.61 Å². The SMILES string of the molecule is Cc1ccc(OCC(=O)NNC(=O)CCC(=O)OCCc2ccccc2)c(Br)c1. The number of hydrazine groups is 1. The van der Waals surface area contributed by atoms with Crippen molar-refractivity contribution in [1.82, 2.24) is 10.9 Å². The zero-order valence-corrected chi connectivity index (χ0v) is 17.7. The molecule has 0 radical (unpaired) electrons. The van der Waals surface area contributed by atoms with E-state index in [1.54, 1.807) is 6.07 Å². The van der Waals surface area contributed by atoms with E-state index in [1.807, 2.05) is 49.4 Å². The summed E-state index contributed by atoms with van der Waals surface area (Å²) >= 11 is 3.35. The van der Waals surface area contributed by atoms with Gasteiger partial charge >= 0.3 is 5.97 Å². The van der Waals surface area contributed by atoms with Crippen LogP contribution in [0.5, 0.6) is 5.75 Å².